The Labute approximate surface area is 250 Å². The van der Waals surface area contributed by atoms with Crippen LogP contribution in [0.4, 0.5) is 17.3 Å². The highest BCUT2D eigenvalue weighted by molar-refractivity contribution is 7.89. The maximum atomic E-state index is 12.8. The van der Waals surface area contributed by atoms with Gasteiger partial charge in [-0.25, -0.2) is 13.4 Å². The molecule has 5 heterocycles. The zero-order valence-electron chi connectivity index (χ0n) is 24.0. The molecule has 6 rings (SSSR count). The predicted octanol–water partition coefficient (Wildman–Crippen LogP) is 0.716. The van der Waals surface area contributed by atoms with Crippen molar-refractivity contribution in [3.05, 3.63) is 65.6 Å². The maximum Gasteiger partial charge on any atom is 0.252 e. The summed E-state index contributed by atoms with van der Waals surface area (Å²) in [6, 6.07) is 11.1. The normalized spacial score (nSPS) is 18.9. The molecular formula is C29H36N8O5S. The van der Waals surface area contributed by atoms with Gasteiger partial charge in [0.15, 0.2) is 0 Å². The standard InChI is InChI=1S/C29H36N8O5S/c1-2-26(38)35-12-9-33(10-13-35)11-18-37-27(39)8-3-22-19-30-29(32-28(22)37)31-23-4-6-24(7-5-23)34-14-16-36(17-15-34)43(40,41)25-20-42-21-25/h2-8,19,25H,1,9-18,20-21H2,(H,30,31,32). The fourth-order valence-electron chi connectivity index (χ4n) is 5.59. The quantitative estimate of drug-likeness (QED) is 0.347. The van der Waals surface area contributed by atoms with Crippen molar-refractivity contribution in [2.75, 3.05) is 82.3 Å². The van der Waals surface area contributed by atoms with E-state index in [1.165, 1.54) is 12.1 Å². The van der Waals surface area contributed by atoms with E-state index in [0.717, 1.165) is 29.9 Å². The second kappa shape index (κ2) is 12.4. The third kappa shape index (κ3) is 6.27. The number of rotatable bonds is 9. The fraction of sp³-hybridized carbons (Fsp3) is 0.448. The first kappa shape index (κ1) is 29.2. The lowest BCUT2D eigenvalue weighted by Gasteiger charge is -2.38. The van der Waals surface area contributed by atoms with E-state index in [1.54, 1.807) is 26.0 Å². The Hall–Kier alpha value is -3.85. The van der Waals surface area contributed by atoms with E-state index in [-0.39, 0.29) is 24.7 Å². The number of sulfonamides is 1. The summed E-state index contributed by atoms with van der Waals surface area (Å²) < 4.78 is 33.7. The molecule has 0 saturated carbocycles. The van der Waals surface area contributed by atoms with Gasteiger partial charge in [0.1, 0.15) is 10.9 Å². The third-order valence-electron chi connectivity index (χ3n) is 8.34. The van der Waals surface area contributed by atoms with Crippen LogP contribution in [0.25, 0.3) is 11.0 Å². The highest BCUT2D eigenvalue weighted by Gasteiger charge is 2.38. The van der Waals surface area contributed by atoms with Gasteiger partial charge in [0.25, 0.3) is 5.56 Å². The molecule has 0 unspecified atom stereocenters. The molecule has 0 spiro atoms. The smallest absolute Gasteiger partial charge is 0.252 e. The van der Waals surface area contributed by atoms with Crippen LogP contribution in [-0.2, 0) is 26.1 Å². The largest absolute Gasteiger partial charge is 0.378 e. The molecule has 1 aromatic carbocycles. The zero-order chi connectivity index (χ0) is 30.0. The number of carbonyl (C=O) groups is 1. The zero-order valence-corrected chi connectivity index (χ0v) is 24.8. The molecule has 3 saturated heterocycles. The lowest BCUT2D eigenvalue weighted by molar-refractivity contribution is -0.127. The summed E-state index contributed by atoms with van der Waals surface area (Å²) in [7, 11) is -3.29. The van der Waals surface area contributed by atoms with E-state index in [9.17, 15) is 18.0 Å². The molecule has 0 bridgehead atoms. The van der Waals surface area contributed by atoms with Crippen molar-refractivity contribution in [1.29, 1.82) is 0 Å². The second-order valence-corrected chi connectivity index (χ2v) is 13.1. The van der Waals surface area contributed by atoms with Gasteiger partial charge < -0.3 is 19.9 Å². The number of benzene rings is 1. The topological polar surface area (TPSA) is 133 Å². The van der Waals surface area contributed by atoms with Crippen LogP contribution >= 0.6 is 0 Å². The van der Waals surface area contributed by atoms with Crippen LogP contribution in [-0.4, -0.2) is 120 Å². The summed E-state index contributed by atoms with van der Waals surface area (Å²) in [6.07, 6.45) is 3.05. The molecule has 14 heteroatoms. The minimum Gasteiger partial charge on any atom is -0.378 e. The lowest BCUT2D eigenvalue weighted by atomic mass is 10.2. The second-order valence-electron chi connectivity index (χ2n) is 10.9. The number of nitrogens with one attached hydrogen (secondary N) is 1. The summed E-state index contributed by atoms with van der Waals surface area (Å²) in [4.78, 5) is 40.0. The van der Waals surface area contributed by atoms with Crippen molar-refractivity contribution in [3.8, 4) is 0 Å². The Morgan fingerprint density at radius 3 is 2.35 bits per heavy atom. The number of nitrogens with zero attached hydrogens (tertiary/aromatic N) is 7. The average molecular weight is 609 g/mol. The molecular weight excluding hydrogens is 572 g/mol. The van der Waals surface area contributed by atoms with Crippen LogP contribution in [0.1, 0.15) is 0 Å². The van der Waals surface area contributed by atoms with E-state index in [1.807, 2.05) is 24.3 Å². The third-order valence-corrected chi connectivity index (χ3v) is 10.5. The van der Waals surface area contributed by atoms with E-state index >= 15 is 0 Å². The number of aromatic nitrogens is 3. The average Bonchev–Trinajstić information content (AvgIpc) is 3.00. The molecule has 0 radical (unpaired) electrons. The molecule has 3 aliphatic rings. The molecule has 2 aromatic heterocycles. The van der Waals surface area contributed by atoms with Gasteiger partial charge in [-0.05, 0) is 36.4 Å². The first-order valence-electron chi connectivity index (χ1n) is 14.5. The predicted molar refractivity (Wildman–Crippen MR) is 164 cm³/mol. The van der Waals surface area contributed by atoms with Crippen LogP contribution in [0.15, 0.2) is 60.0 Å². The van der Waals surface area contributed by atoms with Gasteiger partial charge in [0, 0.05) is 94.5 Å². The van der Waals surface area contributed by atoms with Gasteiger partial charge in [-0.15, -0.1) is 0 Å². The molecule has 13 nitrogen and oxygen atoms in total. The molecule has 43 heavy (non-hydrogen) atoms. The number of anilines is 3. The van der Waals surface area contributed by atoms with Crippen molar-refractivity contribution < 1.29 is 17.9 Å². The van der Waals surface area contributed by atoms with Gasteiger partial charge in [-0.1, -0.05) is 6.58 Å². The first-order chi connectivity index (χ1) is 20.8. The van der Waals surface area contributed by atoms with Crippen LogP contribution in [0, 0.1) is 0 Å². The number of piperazine rings is 2. The lowest BCUT2D eigenvalue weighted by Crippen LogP contribution is -2.55. The van der Waals surface area contributed by atoms with Crippen LogP contribution < -0.4 is 15.8 Å². The van der Waals surface area contributed by atoms with Gasteiger partial charge in [-0.3, -0.25) is 19.1 Å². The minimum absolute atomic E-state index is 0.0533. The molecule has 1 amide bonds. The van der Waals surface area contributed by atoms with Crippen LogP contribution in [0.5, 0.6) is 0 Å². The Balaban J connectivity index is 1.08. The molecule has 0 atom stereocenters. The fourth-order valence-corrected chi connectivity index (χ4v) is 7.22. The van der Waals surface area contributed by atoms with E-state index in [2.05, 4.69) is 31.7 Å². The molecule has 3 aromatic rings. The summed E-state index contributed by atoms with van der Waals surface area (Å²) in [5.41, 5.74) is 2.24. The SMILES string of the molecule is C=CC(=O)N1CCN(CCn2c(=O)ccc3cnc(Nc4ccc(N5CCN(S(=O)(=O)C6COC6)CC5)cc4)nc32)CC1. The summed E-state index contributed by atoms with van der Waals surface area (Å²) in [5, 5.41) is 3.60. The van der Waals surface area contributed by atoms with Crippen LogP contribution in [0.2, 0.25) is 0 Å². The van der Waals surface area contributed by atoms with E-state index in [4.69, 9.17) is 4.74 Å². The molecule has 3 fully saturated rings. The monoisotopic (exact) mass is 608 g/mol. The maximum absolute atomic E-state index is 12.8. The molecule has 1 N–H and O–H groups in total. The van der Waals surface area contributed by atoms with Gasteiger partial charge >= 0.3 is 0 Å². The highest BCUT2D eigenvalue weighted by Crippen LogP contribution is 2.24. The van der Waals surface area contributed by atoms with Crippen LogP contribution in [0.3, 0.4) is 0 Å². The Morgan fingerprint density at radius 2 is 1.70 bits per heavy atom. The Kier molecular flexibility index (Phi) is 8.43. The number of hydrogen-bond acceptors (Lipinski definition) is 10. The van der Waals surface area contributed by atoms with Gasteiger partial charge in [0.2, 0.25) is 21.9 Å². The summed E-state index contributed by atoms with van der Waals surface area (Å²) in [6.45, 7) is 10.2. The number of hydrogen-bond donors (Lipinski definition) is 1. The molecule has 3 aliphatic heterocycles. The van der Waals surface area contributed by atoms with Gasteiger partial charge in [0.05, 0.1) is 13.2 Å². The first-order valence-corrected chi connectivity index (χ1v) is 16.0. The number of fused-ring (bicyclic) bond motifs is 1. The van der Waals surface area contributed by atoms with Gasteiger partial charge in [-0.2, -0.15) is 9.29 Å². The molecule has 228 valence electrons. The summed E-state index contributed by atoms with van der Waals surface area (Å²) >= 11 is 0. The van der Waals surface area contributed by atoms with Crippen molar-refractivity contribution in [2.45, 2.75) is 11.8 Å². The summed E-state index contributed by atoms with van der Waals surface area (Å²) in [5.74, 6) is 0.331. The van der Waals surface area contributed by atoms with Crippen molar-refractivity contribution in [2.24, 2.45) is 0 Å². The Morgan fingerprint density at radius 1 is 0.977 bits per heavy atom. The molecule has 0 aliphatic carbocycles. The highest BCUT2D eigenvalue weighted by atomic mass is 32.2. The van der Waals surface area contributed by atoms with Crippen molar-refractivity contribution in [1.82, 2.24) is 28.6 Å². The van der Waals surface area contributed by atoms with E-state index in [0.29, 0.717) is 64.0 Å². The number of amides is 1. The minimum atomic E-state index is -3.29. The van der Waals surface area contributed by atoms with E-state index < -0.39 is 15.3 Å². The Bertz CT molecular complexity index is 1640. The van der Waals surface area contributed by atoms with Crippen molar-refractivity contribution >= 4 is 44.3 Å². The number of ether oxygens (including phenoxy) is 1. The number of pyridine rings is 1. The van der Waals surface area contributed by atoms with Crippen molar-refractivity contribution in [3.63, 3.8) is 0 Å². The number of carbonyl (C=O) groups excluding carboxylic acids is 1.